The number of aliphatic hydroxyl groups is 4. The summed E-state index contributed by atoms with van der Waals surface area (Å²) in [5.41, 5.74) is 0. The number of rotatable bonds is 7. The first-order valence-corrected chi connectivity index (χ1v) is 9.75. The summed E-state index contributed by atoms with van der Waals surface area (Å²) in [6.07, 6.45) is -8.57. The Morgan fingerprint density at radius 2 is 1.40 bits per heavy atom. The van der Waals surface area contributed by atoms with Gasteiger partial charge in [-0.25, -0.2) is 0 Å². The van der Waals surface area contributed by atoms with Gasteiger partial charge in [0.2, 0.25) is 11.8 Å². The number of carbonyl (C=O) groups excluding carboxylic acids is 2. The Bertz CT molecular complexity index is 593. The standard InChI is InChI=1S/C18H32N2O10/c1-7-12(19-8(2)23)14(25)17(11(6-22)28-7)30-18-13(20-9(3)24)15(26)16(27-4)10(5-21)29-18/h7,10-18,21-22,25-26H,5-6H2,1-4H3,(H,19,23)(H,20,24)/t7-,10?,11?,12?,13-,14+,15?,16+,17+,18+/m0/s1. The average molecular weight is 436 g/mol. The van der Waals surface area contributed by atoms with Crippen molar-refractivity contribution in [2.75, 3.05) is 20.3 Å². The topological polar surface area (TPSA) is 176 Å². The second-order valence-corrected chi connectivity index (χ2v) is 7.52. The molecule has 0 aromatic rings. The van der Waals surface area contributed by atoms with E-state index in [-0.39, 0.29) is 5.91 Å². The lowest BCUT2D eigenvalue weighted by molar-refractivity contribution is -0.315. The molecule has 2 saturated heterocycles. The van der Waals surface area contributed by atoms with Crippen LogP contribution in [0.25, 0.3) is 0 Å². The number of ether oxygens (including phenoxy) is 4. The molecule has 2 rings (SSSR count). The molecule has 0 aromatic heterocycles. The molecule has 2 aliphatic heterocycles. The fourth-order valence-corrected chi connectivity index (χ4v) is 3.91. The van der Waals surface area contributed by atoms with Crippen LogP contribution in [0.3, 0.4) is 0 Å². The number of amides is 2. The molecule has 0 aromatic carbocycles. The van der Waals surface area contributed by atoms with Crippen molar-refractivity contribution in [3.8, 4) is 0 Å². The third-order valence-corrected chi connectivity index (χ3v) is 5.30. The van der Waals surface area contributed by atoms with Crippen LogP contribution in [0.4, 0.5) is 0 Å². The van der Waals surface area contributed by atoms with Gasteiger partial charge in [0.15, 0.2) is 6.29 Å². The van der Waals surface area contributed by atoms with Crippen molar-refractivity contribution in [1.82, 2.24) is 10.6 Å². The van der Waals surface area contributed by atoms with Gasteiger partial charge in [-0.3, -0.25) is 9.59 Å². The maximum absolute atomic E-state index is 11.7. The van der Waals surface area contributed by atoms with Crippen LogP contribution < -0.4 is 10.6 Å². The second kappa shape index (κ2) is 10.8. The molecular formula is C18H32N2O10. The predicted octanol–water partition coefficient (Wildman–Crippen LogP) is -3.39. The van der Waals surface area contributed by atoms with E-state index in [0.29, 0.717) is 0 Å². The van der Waals surface area contributed by atoms with E-state index in [1.165, 1.54) is 21.0 Å². The molecule has 0 spiro atoms. The third kappa shape index (κ3) is 5.45. The van der Waals surface area contributed by atoms with Crippen LogP contribution in [0.5, 0.6) is 0 Å². The minimum absolute atomic E-state index is 0.389. The van der Waals surface area contributed by atoms with Crippen LogP contribution in [0.2, 0.25) is 0 Å². The van der Waals surface area contributed by atoms with E-state index >= 15 is 0 Å². The number of hydrogen-bond donors (Lipinski definition) is 6. The molecule has 30 heavy (non-hydrogen) atoms. The van der Waals surface area contributed by atoms with Crippen molar-refractivity contribution >= 4 is 11.8 Å². The number of methoxy groups -OCH3 is 1. The summed E-state index contributed by atoms with van der Waals surface area (Å²) in [6, 6.07) is -1.93. The highest BCUT2D eigenvalue weighted by atomic mass is 16.7. The van der Waals surface area contributed by atoms with Gasteiger partial charge in [0.05, 0.1) is 25.4 Å². The van der Waals surface area contributed by atoms with E-state index in [0.717, 1.165) is 0 Å². The van der Waals surface area contributed by atoms with Crippen molar-refractivity contribution in [2.24, 2.45) is 0 Å². The molecule has 2 aliphatic rings. The van der Waals surface area contributed by atoms with E-state index in [1.807, 2.05) is 0 Å². The Balaban J connectivity index is 2.28. The Hall–Kier alpha value is -1.38. The highest BCUT2D eigenvalue weighted by Crippen LogP contribution is 2.30. The Labute approximate surface area is 174 Å². The lowest BCUT2D eigenvalue weighted by Crippen LogP contribution is -2.69. The summed E-state index contributed by atoms with van der Waals surface area (Å²) in [5.74, 6) is -0.864. The fraction of sp³-hybridized carbons (Fsp3) is 0.889. The molecule has 4 unspecified atom stereocenters. The highest BCUT2D eigenvalue weighted by Gasteiger charge is 2.51. The summed E-state index contributed by atoms with van der Waals surface area (Å²) in [4.78, 5) is 23.2. The molecule has 0 radical (unpaired) electrons. The maximum atomic E-state index is 11.7. The molecule has 10 atom stereocenters. The molecule has 6 N–H and O–H groups in total. The number of aliphatic hydroxyl groups excluding tert-OH is 4. The minimum atomic E-state index is -1.31. The molecule has 2 amide bonds. The van der Waals surface area contributed by atoms with Crippen molar-refractivity contribution in [3.05, 3.63) is 0 Å². The normalized spacial score (nSPS) is 41.9. The first-order valence-electron chi connectivity index (χ1n) is 9.75. The van der Waals surface area contributed by atoms with Crippen molar-refractivity contribution in [3.63, 3.8) is 0 Å². The van der Waals surface area contributed by atoms with Crippen LogP contribution in [-0.4, -0.2) is 114 Å². The van der Waals surface area contributed by atoms with E-state index in [4.69, 9.17) is 18.9 Å². The molecule has 174 valence electrons. The van der Waals surface area contributed by atoms with Gasteiger partial charge in [-0.2, -0.15) is 0 Å². The van der Waals surface area contributed by atoms with Gasteiger partial charge in [0.25, 0.3) is 0 Å². The SMILES string of the molecule is CO[C@@H]1C(CO)O[C@H](O[C@@H]2C(CO)O[C@@H](C)C(NC(C)=O)[C@H]2O)[C@@H](NC(C)=O)C1O. The zero-order valence-electron chi connectivity index (χ0n) is 17.4. The van der Waals surface area contributed by atoms with Gasteiger partial charge in [-0.15, -0.1) is 0 Å². The number of carbonyl (C=O) groups is 2. The smallest absolute Gasteiger partial charge is 0.217 e. The summed E-state index contributed by atoms with van der Waals surface area (Å²) in [6.45, 7) is 3.17. The van der Waals surface area contributed by atoms with E-state index in [2.05, 4.69) is 10.6 Å². The first kappa shape index (κ1) is 24.9. The Morgan fingerprint density at radius 3 is 1.90 bits per heavy atom. The van der Waals surface area contributed by atoms with Crippen LogP contribution in [-0.2, 0) is 28.5 Å². The van der Waals surface area contributed by atoms with Crippen LogP contribution in [0.15, 0.2) is 0 Å². The van der Waals surface area contributed by atoms with E-state index in [1.54, 1.807) is 6.92 Å². The molecule has 0 bridgehead atoms. The average Bonchev–Trinajstić information content (AvgIpc) is 2.68. The molecule has 12 heteroatoms. The lowest BCUT2D eigenvalue weighted by Gasteiger charge is -2.48. The minimum Gasteiger partial charge on any atom is -0.394 e. The van der Waals surface area contributed by atoms with Crippen LogP contribution in [0, 0.1) is 0 Å². The lowest BCUT2D eigenvalue weighted by atomic mass is 9.92. The second-order valence-electron chi connectivity index (χ2n) is 7.52. The summed E-state index contributed by atoms with van der Waals surface area (Å²) in [5, 5.41) is 45.9. The van der Waals surface area contributed by atoms with Gasteiger partial charge in [0, 0.05) is 21.0 Å². The van der Waals surface area contributed by atoms with Crippen LogP contribution in [0.1, 0.15) is 20.8 Å². The molecule has 2 fully saturated rings. The number of nitrogens with one attached hydrogen (secondary N) is 2. The van der Waals surface area contributed by atoms with E-state index in [9.17, 15) is 30.0 Å². The predicted molar refractivity (Wildman–Crippen MR) is 100 cm³/mol. The Morgan fingerprint density at radius 1 is 0.900 bits per heavy atom. The van der Waals surface area contributed by atoms with Gasteiger partial charge in [-0.05, 0) is 6.92 Å². The zero-order valence-corrected chi connectivity index (χ0v) is 17.4. The third-order valence-electron chi connectivity index (χ3n) is 5.30. The monoisotopic (exact) mass is 436 g/mol. The first-order chi connectivity index (χ1) is 14.1. The summed E-state index contributed by atoms with van der Waals surface area (Å²) in [7, 11) is 1.33. The quantitative estimate of drug-likeness (QED) is 0.236. The Kier molecular flexibility index (Phi) is 8.94. The van der Waals surface area contributed by atoms with Gasteiger partial charge >= 0.3 is 0 Å². The van der Waals surface area contributed by atoms with Crippen molar-refractivity contribution in [1.29, 1.82) is 0 Å². The molecular weight excluding hydrogens is 404 g/mol. The van der Waals surface area contributed by atoms with Crippen molar-refractivity contribution in [2.45, 2.75) is 81.9 Å². The van der Waals surface area contributed by atoms with Gasteiger partial charge in [0.1, 0.15) is 42.7 Å². The molecule has 0 aliphatic carbocycles. The number of hydrogen-bond acceptors (Lipinski definition) is 10. The van der Waals surface area contributed by atoms with Crippen LogP contribution >= 0.6 is 0 Å². The van der Waals surface area contributed by atoms with Gasteiger partial charge < -0.3 is 50.0 Å². The zero-order chi connectivity index (χ0) is 22.6. The summed E-state index contributed by atoms with van der Waals surface area (Å²) >= 11 is 0. The fourth-order valence-electron chi connectivity index (χ4n) is 3.91. The summed E-state index contributed by atoms with van der Waals surface area (Å²) < 4.78 is 22.4. The molecule has 12 nitrogen and oxygen atoms in total. The largest absolute Gasteiger partial charge is 0.394 e. The maximum Gasteiger partial charge on any atom is 0.217 e. The molecule has 2 heterocycles. The molecule has 0 saturated carbocycles. The van der Waals surface area contributed by atoms with Gasteiger partial charge in [-0.1, -0.05) is 0 Å². The van der Waals surface area contributed by atoms with E-state index < -0.39 is 80.2 Å². The van der Waals surface area contributed by atoms with Crippen molar-refractivity contribution < 1.29 is 49.0 Å². The highest BCUT2D eigenvalue weighted by molar-refractivity contribution is 5.73.